The van der Waals surface area contributed by atoms with Crippen molar-refractivity contribution < 1.29 is 0 Å². The predicted octanol–water partition coefficient (Wildman–Crippen LogP) is 3.77. The van der Waals surface area contributed by atoms with Crippen molar-refractivity contribution in [2.45, 2.75) is 13.5 Å². The molecule has 0 aliphatic carbocycles. The first-order valence-corrected chi connectivity index (χ1v) is 5.64. The molecule has 2 aromatic carbocycles. The molecule has 1 nitrogen and oxygen atoms in total. The molecule has 0 aromatic heterocycles. The fourth-order valence-electron chi connectivity index (χ4n) is 1.76. The van der Waals surface area contributed by atoms with Crippen molar-refractivity contribution in [3.63, 3.8) is 0 Å². The van der Waals surface area contributed by atoms with E-state index in [0.717, 1.165) is 16.1 Å². The molecular formula is C14H14ClN. The maximum absolute atomic E-state index is 6.00. The van der Waals surface area contributed by atoms with Gasteiger partial charge in [-0.15, -0.1) is 0 Å². The standard InChI is InChI=1S/C14H14ClN/c1-10-5-6-11(9-16)7-14(10)12-3-2-4-13(15)8-12/h2-8H,9,16H2,1H3. The second-order valence-corrected chi connectivity index (χ2v) is 4.30. The van der Waals surface area contributed by atoms with E-state index in [1.807, 2.05) is 18.2 Å². The van der Waals surface area contributed by atoms with Gasteiger partial charge in [0.25, 0.3) is 0 Å². The minimum Gasteiger partial charge on any atom is -0.326 e. The third kappa shape index (κ3) is 2.26. The number of halogens is 1. The van der Waals surface area contributed by atoms with Crippen LogP contribution in [0.1, 0.15) is 11.1 Å². The van der Waals surface area contributed by atoms with E-state index in [0.29, 0.717) is 6.54 Å². The Morgan fingerprint density at radius 3 is 2.62 bits per heavy atom. The molecule has 0 aliphatic heterocycles. The maximum Gasteiger partial charge on any atom is 0.0412 e. The molecule has 0 saturated carbocycles. The van der Waals surface area contributed by atoms with Gasteiger partial charge < -0.3 is 5.73 Å². The molecular weight excluding hydrogens is 218 g/mol. The Morgan fingerprint density at radius 1 is 1.12 bits per heavy atom. The fraction of sp³-hybridized carbons (Fsp3) is 0.143. The summed E-state index contributed by atoms with van der Waals surface area (Å²) in [6.45, 7) is 2.66. The number of nitrogens with two attached hydrogens (primary N) is 1. The van der Waals surface area contributed by atoms with Gasteiger partial charge in [-0.1, -0.05) is 35.9 Å². The summed E-state index contributed by atoms with van der Waals surface area (Å²) in [7, 11) is 0. The zero-order valence-corrected chi connectivity index (χ0v) is 9.96. The van der Waals surface area contributed by atoms with E-state index < -0.39 is 0 Å². The summed E-state index contributed by atoms with van der Waals surface area (Å²) in [5.41, 5.74) is 10.4. The van der Waals surface area contributed by atoms with Crippen LogP contribution in [0.5, 0.6) is 0 Å². The summed E-state index contributed by atoms with van der Waals surface area (Å²) < 4.78 is 0. The maximum atomic E-state index is 6.00. The van der Waals surface area contributed by atoms with Gasteiger partial charge in [0.2, 0.25) is 0 Å². The van der Waals surface area contributed by atoms with Crippen molar-refractivity contribution in [2.24, 2.45) is 5.73 Å². The molecule has 2 heteroatoms. The van der Waals surface area contributed by atoms with Gasteiger partial charge in [0.05, 0.1) is 0 Å². The van der Waals surface area contributed by atoms with Crippen molar-refractivity contribution in [3.05, 3.63) is 58.6 Å². The molecule has 16 heavy (non-hydrogen) atoms. The van der Waals surface area contributed by atoms with E-state index in [1.54, 1.807) is 0 Å². The molecule has 2 rings (SSSR count). The van der Waals surface area contributed by atoms with Crippen molar-refractivity contribution in [3.8, 4) is 11.1 Å². The zero-order valence-electron chi connectivity index (χ0n) is 9.20. The molecule has 2 aromatic rings. The largest absolute Gasteiger partial charge is 0.326 e. The summed E-state index contributed by atoms with van der Waals surface area (Å²) in [6, 6.07) is 14.2. The summed E-state index contributed by atoms with van der Waals surface area (Å²) in [5, 5.41) is 0.759. The van der Waals surface area contributed by atoms with Crippen LogP contribution in [0.25, 0.3) is 11.1 Å². The topological polar surface area (TPSA) is 26.0 Å². The van der Waals surface area contributed by atoms with Crippen LogP contribution in [-0.4, -0.2) is 0 Å². The molecule has 0 amide bonds. The van der Waals surface area contributed by atoms with Gasteiger partial charge >= 0.3 is 0 Å². The number of hydrogen-bond donors (Lipinski definition) is 1. The first-order chi connectivity index (χ1) is 7.70. The van der Waals surface area contributed by atoms with E-state index >= 15 is 0 Å². The Balaban J connectivity index is 2.54. The normalized spacial score (nSPS) is 10.4. The average Bonchev–Trinajstić information content (AvgIpc) is 2.30. The van der Waals surface area contributed by atoms with Gasteiger partial charge in [-0.25, -0.2) is 0 Å². The highest BCUT2D eigenvalue weighted by Crippen LogP contribution is 2.26. The van der Waals surface area contributed by atoms with Crippen LogP contribution in [0.2, 0.25) is 5.02 Å². The second kappa shape index (κ2) is 4.69. The Labute approximate surface area is 101 Å². The van der Waals surface area contributed by atoms with E-state index in [9.17, 15) is 0 Å². The van der Waals surface area contributed by atoms with E-state index in [1.165, 1.54) is 11.1 Å². The molecule has 0 atom stereocenters. The Morgan fingerprint density at radius 2 is 1.94 bits per heavy atom. The molecule has 82 valence electrons. The van der Waals surface area contributed by atoms with Crippen LogP contribution in [0.15, 0.2) is 42.5 Å². The van der Waals surface area contributed by atoms with E-state index in [4.69, 9.17) is 17.3 Å². The Kier molecular flexibility index (Phi) is 3.28. The first kappa shape index (κ1) is 11.2. The number of rotatable bonds is 2. The third-order valence-electron chi connectivity index (χ3n) is 2.67. The zero-order chi connectivity index (χ0) is 11.5. The smallest absolute Gasteiger partial charge is 0.0412 e. The summed E-state index contributed by atoms with van der Waals surface area (Å²) in [4.78, 5) is 0. The van der Waals surface area contributed by atoms with Crippen LogP contribution in [0.3, 0.4) is 0 Å². The van der Waals surface area contributed by atoms with Crippen LogP contribution in [0.4, 0.5) is 0 Å². The van der Waals surface area contributed by atoms with Crippen LogP contribution >= 0.6 is 11.6 Å². The number of benzene rings is 2. The van der Waals surface area contributed by atoms with Gasteiger partial charge in [0.15, 0.2) is 0 Å². The highest BCUT2D eigenvalue weighted by atomic mass is 35.5. The average molecular weight is 232 g/mol. The quantitative estimate of drug-likeness (QED) is 0.837. The molecule has 0 bridgehead atoms. The molecule has 2 N–H and O–H groups in total. The van der Waals surface area contributed by atoms with E-state index in [-0.39, 0.29) is 0 Å². The minimum atomic E-state index is 0.563. The lowest BCUT2D eigenvalue weighted by molar-refractivity contribution is 1.07. The molecule has 0 radical (unpaired) electrons. The van der Waals surface area contributed by atoms with E-state index in [2.05, 4.69) is 31.2 Å². The number of aryl methyl sites for hydroxylation is 1. The molecule has 0 heterocycles. The Bertz CT molecular complexity index is 506. The molecule has 0 fully saturated rings. The molecule has 0 aliphatic rings. The van der Waals surface area contributed by atoms with Gasteiger partial charge in [-0.05, 0) is 47.4 Å². The minimum absolute atomic E-state index is 0.563. The summed E-state index contributed by atoms with van der Waals surface area (Å²) in [5.74, 6) is 0. The lowest BCUT2D eigenvalue weighted by atomic mass is 9.98. The fourth-order valence-corrected chi connectivity index (χ4v) is 1.95. The van der Waals surface area contributed by atoms with Crippen molar-refractivity contribution in [2.75, 3.05) is 0 Å². The van der Waals surface area contributed by atoms with Crippen LogP contribution in [-0.2, 0) is 6.54 Å². The van der Waals surface area contributed by atoms with Crippen molar-refractivity contribution in [1.29, 1.82) is 0 Å². The number of hydrogen-bond acceptors (Lipinski definition) is 1. The van der Waals surface area contributed by atoms with Crippen LogP contribution < -0.4 is 5.73 Å². The lowest BCUT2D eigenvalue weighted by Crippen LogP contribution is -1.97. The third-order valence-corrected chi connectivity index (χ3v) is 2.91. The molecule has 0 unspecified atom stereocenters. The lowest BCUT2D eigenvalue weighted by Gasteiger charge is -2.08. The van der Waals surface area contributed by atoms with Crippen molar-refractivity contribution >= 4 is 11.6 Å². The second-order valence-electron chi connectivity index (χ2n) is 3.86. The van der Waals surface area contributed by atoms with Gasteiger partial charge in [-0.3, -0.25) is 0 Å². The highest BCUT2D eigenvalue weighted by molar-refractivity contribution is 6.30. The first-order valence-electron chi connectivity index (χ1n) is 5.26. The van der Waals surface area contributed by atoms with Gasteiger partial charge in [0, 0.05) is 11.6 Å². The Hall–Kier alpha value is -1.31. The summed E-state index contributed by atoms with van der Waals surface area (Å²) in [6.07, 6.45) is 0. The van der Waals surface area contributed by atoms with Crippen molar-refractivity contribution in [1.82, 2.24) is 0 Å². The summed E-state index contributed by atoms with van der Waals surface area (Å²) >= 11 is 6.00. The molecule has 0 saturated heterocycles. The SMILES string of the molecule is Cc1ccc(CN)cc1-c1cccc(Cl)c1. The monoisotopic (exact) mass is 231 g/mol. The highest BCUT2D eigenvalue weighted by Gasteiger charge is 2.03. The predicted molar refractivity (Wildman–Crippen MR) is 69.5 cm³/mol. The molecule has 0 spiro atoms. The van der Waals surface area contributed by atoms with Gasteiger partial charge in [0.1, 0.15) is 0 Å². The van der Waals surface area contributed by atoms with Gasteiger partial charge in [-0.2, -0.15) is 0 Å². The van der Waals surface area contributed by atoms with Crippen LogP contribution in [0, 0.1) is 6.92 Å².